The van der Waals surface area contributed by atoms with Gasteiger partial charge in [-0.15, -0.1) is 11.3 Å². The summed E-state index contributed by atoms with van der Waals surface area (Å²) in [5.74, 6) is 0.474. The van der Waals surface area contributed by atoms with Crippen LogP contribution in [0.3, 0.4) is 0 Å². The van der Waals surface area contributed by atoms with Gasteiger partial charge in [-0.25, -0.2) is 0 Å². The van der Waals surface area contributed by atoms with Gasteiger partial charge in [0.25, 0.3) is 0 Å². The van der Waals surface area contributed by atoms with Crippen molar-refractivity contribution in [2.24, 2.45) is 5.92 Å². The minimum absolute atomic E-state index is 0.252. The maximum absolute atomic E-state index is 10.3. The zero-order valence-corrected chi connectivity index (χ0v) is 11.2. The van der Waals surface area contributed by atoms with Gasteiger partial charge in [0.2, 0.25) is 0 Å². The molecule has 1 aliphatic carbocycles. The van der Waals surface area contributed by atoms with Crippen molar-refractivity contribution >= 4 is 27.3 Å². The fraction of sp³-hybridized carbons (Fsp3) is 0.667. The first-order valence-corrected chi connectivity index (χ1v) is 7.37. The second-order valence-corrected chi connectivity index (χ2v) is 6.13. The molecule has 0 aliphatic heterocycles. The monoisotopic (exact) mass is 288 g/mol. The van der Waals surface area contributed by atoms with Gasteiger partial charge in [0.05, 0.1) is 6.10 Å². The van der Waals surface area contributed by atoms with E-state index < -0.39 is 0 Å². The molecule has 0 bridgehead atoms. The van der Waals surface area contributed by atoms with E-state index in [1.807, 2.05) is 11.4 Å². The van der Waals surface area contributed by atoms with Crippen LogP contribution in [-0.2, 0) is 0 Å². The van der Waals surface area contributed by atoms with Crippen LogP contribution in [0.15, 0.2) is 15.9 Å². The van der Waals surface area contributed by atoms with Crippen molar-refractivity contribution in [2.45, 2.75) is 44.6 Å². The van der Waals surface area contributed by atoms with Crippen molar-refractivity contribution in [3.05, 3.63) is 20.8 Å². The van der Waals surface area contributed by atoms with Gasteiger partial charge in [0, 0.05) is 9.35 Å². The summed E-state index contributed by atoms with van der Waals surface area (Å²) in [6.45, 7) is 0. The lowest BCUT2D eigenvalue weighted by molar-refractivity contribution is 0.101. The molecule has 1 unspecified atom stereocenters. The van der Waals surface area contributed by atoms with Gasteiger partial charge in [-0.3, -0.25) is 0 Å². The fourth-order valence-corrected chi connectivity index (χ4v) is 4.04. The number of hydrogen-bond donors (Lipinski definition) is 1. The van der Waals surface area contributed by atoms with Gasteiger partial charge in [0.1, 0.15) is 0 Å². The Morgan fingerprint density at radius 1 is 1.27 bits per heavy atom. The van der Waals surface area contributed by atoms with E-state index in [1.165, 1.54) is 38.5 Å². The Labute approximate surface area is 104 Å². The predicted octanol–water partition coefficient (Wildman–Crippen LogP) is 4.51. The van der Waals surface area contributed by atoms with Crippen molar-refractivity contribution in [3.63, 3.8) is 0 Å². The zero-order valence-electron chi connectivity index (χ0n) is 8.79. The summed E-state index contributed by atoms with van der Waals surface area (Å²) in [6, 6.07) is 2.03. The molecule has 84 valence electrons. The highest BCUT2D eigenvalue weighted by Gasteiger charge is 2.24. The Morgan fingerprint density at radius 2 is 1.93 bits per heavy atom. The molecule has 1 nitrogen and oxygen atoms in total. The van der Waals surface area contributed by atoms with Crippen LogP contribution in [0.25, 0.3) is 0 Å². The number of aliphatic hydroxyl groups is 1. The summed E-state index contributed by atoms with van der Waals surface area (Å²) in [4.78, 5) is 1.11. The van der Waals surface area contributed by atoms with E-state index in [1.54, 1.807) is 11.3 Å². The molecule has 2 rings (SSSR count). The Hall–Kier alpha value is 0.140. The molecule has 1 N–H and O–H groups in total. The number of aliphatic hydroxyl groups excluding tert-OH is 1. The van der Waals surface area contributed by atoms with Crippen molar-refractivity contribution < 1.29 is 5.11 Å². The Kier molecular flexibility index (Phi) is 4.23. The molecule has 1 aliphatic rings. The summed E-state index contributed by atoms with van der Waals surface area (Å²) in [6.07, 6.45) is 7.37. The van der Waals surface area contributed by atoms with Crippen LogP contribution < -0.4 is 0 Å². The molecule has 3 heteroatoms. The number of thiophene rings is 1. The minimum atomic E-state index is -0.252. The van der Waals surface area contributed by atoms with Crippen LogP contribution in [0.1, 0.15) is 49.5 Å². The first kappa shape index (κ1) is 11.6. The van der Waals surface area contributed by atoms with E-state index >= 15 is 0 Å². The topological polar surface area (TPSA) is 20.2 Å². The van der Waals surface area contributed by atoms with E-state index in [-0.39, 0.29) is 6.10 Å². The Morgan fingerprint density at radius 3 is 2.47 bits per heavy atom. The minimum Gasteiger partial charge on any atom is -0.387 e. The summed E-state index contributed by atoms with van der Waals surface area (Å²) in [7, 11) is 0. The molecular weight excluding hydrogens is 272 g/mol. The van der Waals surface area contributed by atoms with E-state index in [4.69, 9.17) is 0 Å². The molecule has 1 saturated carbocycles. The van der Waals surface area contributed by atoms with E-state index in [0.29, 0.717) is 5.92 Å². The van der Waals surface area contributed by atoms with Gasteiger partial charge in [0.15, 0.2) is 0 Å². The third kappa shape index (κ3) is 2.83. The summed E-state index contributed by atoms with van der Waals surface area (Å²) in [5, 5.41) is 12.4. The number of hydrogen-bond acceptors (Lipinski definition) is 2. The van der Waals surface area contributed by atoms with Crippen LogP contribution >= 0.6 is 27.3 Å². The van der Waals surface area contributed by atoms with Crippen LogP contribution in [0.4, 0.5) is 0 Å². The average Bonchev–Trinajstić information content (AvgIpc) is 2.53. The second-order valence-electron chi connectivity index (χ2n) is 4.33. The van der Waals surface area contributed by atoms with Crippen LogP contribution in [0, 0.1) is 5.92 Å². The quantitative estimate of drug-likeness (QED) is 0.794. The molecule has 0 saturated heterocycles. The van der Waals surface area contributed by atoms with Crippen molar-refractivity contribution in [2.75, 3.05) is 0 Å². The molecular formula is C12H17BrOS. The zero-order chi connectivity index (χ0) is 10.7. The van der Waals surface area contributed by atoms with Crippen LogP contribution in [0.2, 0.25) is 0 Å². The fourth-order valence-electron chi connectivity index (χ4n) is 2.36. The lowest BCUT2D eigenvalue weighted by Crippen LogP contribution is -2.11. The molecule has 1 atom stereocenters. The van der Waals surface area contributed by atoms with E-state index in [9.17, 15) is 5.11 Å². The standard InChI is InChI=1S/C12H17BrOS/c13-10-7-8-15-12(10)11(14)9-5-3-1-2-4-6-9/h7-9,11,14H,1-6H2. The molecule has 15 heavy (non-hydrogen) atoms. The summed E-state index contributed by atoms with van der Waals surface area (Å²) in [5.41, 5.74) is 0. The van der Waals surface area contributed by atoms with Gasteiger partial charge in [-0.1, -0.05) is 25.7 Å². The number of rotatable bonds is 2. The van der Waals surface area contributed by atoms with Gasteiger partial charge in [-0.05, 0) is 46.1 Å². The first-order valence-electron chi connectivity index (χ1n) is 5.70. The van der Waals surface area contributed by atoms with Gasteiger partial charge >= 0.3 is 0 Å². The normalized spacial score (nSPS) is 21.2. The summed E-state index contributed by atoms with van der Waals surface area (Å²) < 4.78 is 1.07. The lowest BCUT2D eigenvalue weighted by Gasteiger charge is -2.20. The lowest BCUT2D eigenvalue weighted by atomic mass is 9.93. The maximum Gasteiger partial charge on any atom is 0.0921 e. The third-order valence-corrected chi connectivity index (χ3v) is 5.20. The van der Waals surface area contributed by atoms with Gasteiger partial charge in [-0.2, -0.15) is 0 Å². The molecule has 0 aromatic carbocycles. The van der Waals surface area contributed by atoms with Crippen LogP contribution in [-0.4, -0.2) is 5.11 Å². The summed E-state index contributed by atoms with van der Waals surface area (Å²) >= 11 is 5.16. The Bertz CT molecular complexity index is 302. The largest absolute Gasteiger partial charge is 0.387 e. The molecule has 0 spiro atoms. The highest BCUT2D eigenvalue weighted by molar-refractivity contribution is 9.10. The van der Waals surface area contributed by atoms with Crippen molar-refractivity contribution in [1.82, 2.24) is 0 Å². The van der Waals surface area contributed by atoms with E-state index in [0.717, 1.165) is 9.35 Å². The van der Waals surface area contributed by atoms with E-state index in [2.05, 4.69) is 15.9 Å². The second kappa shape index (κ2) is 5.46. The molecule has 1 fully saturated rings. The predicted molar refractivity (Wildman–Crippen MR) is 68.2 cm³/mol. The molecule has 1 heterocycles. The number of halogens is 1. The third-order valence-electron chi connectivity index (χ3n) is 3.26. The highest BCUT2D eigenvalue weighted by Crippen LogP contribution is 2.38. The SMILES string of the molecule is OC(c1sccc1Br)C1CCCCCC1. The first-order chi connectivity index (χ1) is 7.29. The van der Waals surface area contributed by atoms with Crippen molar-refractivity contribution in [3.8, 4) is 0 Å². The van der Waals surface area contributed by atoms with Crippen LogP contribution in [0.5, 0.6) is 0 Å². The smallest absolute Gasteiger partial charge is 0.0921 e. The molecule has 0 amide bonds. The van der Waals surface area contributed by atoms with Crippen molar-refractivity contribution in [1.29, 1.82) is 0 Å². The Balaban J connectivity index is 2.06. The van der Waals surface area contributed by atoms with Gasteiger partial charge < -0.3 is 5.11 Å². The molecule has 0 radical (unpaired) electrons. The average molecular weight is 289 g/mol. The molecule has 1 aromatic rings. The maximum atomic E-state index is 10.3. The highest BCUT2D eigenvalue weighted by atomic mass is 79.9. The molecule has 1 aromatic heterocycles.